The standard InChI is InChI=1S/C6H12N2O2/c7-4-2-1-3-6(4,10)5(8)9/h4,10H,1-3,7H2,(H2,8,9)/t4-,6+/m1/s1. The van der Waals surface area contributed by atoms with Gasteiger partial charge < -0.3 is 16.6 Å². The van der Waals surface area contributed by atoms with Gasteiger partial charge in [0.2, 0.25) is 0 Å². The van der Waals surface area contributed by atoms with E-state index in [0.29, 0.717) is 12.8 Å². The number of carbonyl (C=O) groups excluding carboxylic acids is 1. The number of aliphatic hydroxyl groups is 1. The van der Waals surface area contributed by atoms with Gasteiger partial charge in [0, 0.05) is 6.04 Å². The highest BCUT2D eigenvalue weighted by Crippen LogP contribution is 2.27. The number of nitrogens with two attached hydrogens (primary N) is 2. The summed E-state index contributed by atoms with van der Waals surface area (Å²) in [5, 5.41) is 9.44. The second kappa shape index (κ2) is 2.21. The molecule has 4 nitrogen and oxygen atoms in total. The van der Waals surface area contributed by atoms with Gasteiger partial charge >= 0.3 is 0 Å². The lowest BCUT2D eigenvalue weighted by Gasteiger charge is -2.22. The molecule has 0 saturated heterocycles. The topological polar surface area (TPSA) is 89.3 Å². The van der Waals surface area contributed by atoms with Crippen LogP contribution >= 0.6 is 0 Å². The molecule has 0 aromatic carbocycles. The van der Waals surface area contributed by atoms with Gasteiger partial charge in [-0.2, -0.15) is 0 Å². The summed E-state index contributed by atoms with van der Waals surface area (Å²) in [6.45, 7) is 0. The predicted molar refractivity (Wildman–Crippen MR) is 36.0 cm³/mol. The fourth-order valence-electron chi connectivity index (χ4n) is 1.32. The molecule has 1 saturated carbocycles. The van der Waals surface area contributed by atoms with Crippen molar-refractivity contribution in [3.63, 3.8) is 0 Å². The zero-order valence-electron chi connectivity index (χ0n) is 5.71. The van der Waals surface area contributed by atoms with E-state index in [1.54, 1.807) is 0 Å². The first-order valence-corrected chi connectivity index (χ1v) is 3.35. The second-order valence-corrected chi connectivity index (χ2v) is 2.79. The Morgan fingerprint density at radius 1 is 1.70 bits per heavy atom. The SMILES string of the molecule is NC(=O)[C@]1(O)CCC[C@H]1N. The molecule has 1 amide bonds. The number of amides is 1. The van der Waals surface area contributed by atoms with E-state index in [2.05, 4.69) is 0 Å². The van der Waals surface area contributed by atoms with E-state index >= 15 is 0 Å². The normalized spacial score (nSPS) is 40.0. The van der Waals surface area contributed by atoms with Crippen molar-refractivity contribution in [1.29, 1.82) is 0 Å². The molecule has 1 fully saturated rings. The maximum absolute atomic E-state index is 10.6. The molecular formula is C6H12N2O2. The van der Waals surface area contributed by atoms with Crippen molar-refractivity contribution in [3.8, 4) is 0 Å². The van der Waals surface area contributed by atoms with Gasteiger partial charge in [-0.25, -0.2) is 0 Å². The van der Waals surface area contributed by atoms with Crippen molar-refractivity contribution in [2.45, 2.75) is 30.9 Å². The quantitative estimate of drug-likeness (QED) is 0.428. The van der Waals surface area contributed by atoms with E-state index in [9.17, 15) is 9.90 Å². The van der Waals surface area contributed by atoms with Gasteiger partial charge in [-0.05, 0) is 19.3 Å². The van der Waals surface area contributed by atoms with Crippen molar-refractivity contribution in [2.75, 3.05) is 0 Å². The van der Waals surface area contributed by atoms with Gasteiger partial charge in [0.1, 0.15) is 0 Å². The van der Waals surface area contributed by atoms with Crippen LogP contribution in [0.5, 0.6) is 0 Å². The van der Waals surface area contributed by atoms with Gasteiger partial charge in [0.25, 0.3) is 5.91 Å². The summed E-state index contributed by atoms with van der Waals surface area (Å²) in [6.07, 6.45) is 1.86. The third-order valence-electron chi connectivity index (χ3n) is 2.11. The summed E-state index contributed by atoms with van der Waals surface area (Å²) in [7, 11) is 0. The molecule has 0 radical (unpaired) electrons. The highest BCUT2D eigenvalue weighted by molar-refractivity contribution is 5.84. The maximum atomic E-state index is 10.6. The van der Waals surface area contributed by atoms with Gasteiger partial charge in [0.05, 0.1) is 0 Å². The largest absolute Gasteiger partial charge is 0.378 e. The molecule has 10 heavy (non-hydrogen) atoms. The van der Waals surface area contributed by atoms with Crippen LogP contribution in [0.2, 0.25) is 0 Å². The first kappa shape index (κ1) is 7.50. The molecule has 0 heterocycles. The lowest BCUT2D eigenvalue weighted by atomic mass is 9.98. The number of carbonyl (C=O) groups is 1. The van der Waals surface area contributed by atoms with Crippen molar-refractivity contribution in [2.24, 2.45) is 11.5 Å². The number of hydrogen-bond donors (Lipinski definition) is 3. The summed E-state index contributed by atoms with van der Waals surface area (Å²) in [5.74, 6) is -0.697. The summed E-state index contributed by atoms with van der Waals surface area (Å²) >= 11 is 0. The predicted octanol–water partition coefficient (Wildman–Crippen LogP) is -1.29. The smallest absolute Gasteiger partial charge is 0.251 e. The Labute approximate surface area is 59.2 Å². The van der Waals surface area contributed by atoms with E-state index in [0.717, 1.165) is 6.42 Å². The number of hydrogen-bond acceptors (Lipinski definition) is 3. The number of primary amides is 1. The second-order valence-electron chi connectivity index (χ2n) is 2.79. The Bertz CT molecular complexity index is 160. The van der Waals surface area contributed by atoms with Gasteiger partial charge in [0.15, 0.2) is 5.60 Å². The molecule has 2 atom stereocenters. The maximum Gasteiger partial charge on any atom is 0.251 e. The average Bonchev–Trinajstić information content (AvgIpc) is 2.15. The Hall–Kier alpha value is -0.610. The fraction of sp³-hybridized carbons (Fsp3) is 0.833. The van der Waals surface area contributed by atoms with E-state index in [1.807, 2.05) is 0 Å². The lowest BCUT2D eigenvalue weighted by Crippen LogP contribution is -2.53. The molecule has 5 N–H and O–H groups in total. The Morgan fingerprint density at radius 3 is 2.50 bits per heavy atom. The molecule has 1 aliphatic rings. The minimum absolute atomic E-state index is 0.406. The molecular weight excluding hydrogens is 132 g/mol. The third-order valence-corrected chi connectivity index (χ3v) is 2.11. The van der Waals surface area contributed by atoms with Gasteiger partial charge in [-0.1, -0.05) is 0 Å². The highest BCUT2D eigenvalue weighted by atomic mass is 16.3. The molecule has 0 aliphatic heterocycles. The van der Waals surface area contributed by atoms with Crippen molar-refractivity contribution >= 4 is 5.91 Å². The van der Waals surface area contributed by atoms with Crippen LogP contribution in [-0.2, 0) is 4.79 Å². The summed E-state index contributed by atoms with van der Waals surface area (Å²) in [4.78, 5) is 10.6. The zero-order chi connectivity index (χ0) is 7.78. The van der Waals surface area contributed by atoms with Crippen molar-refractivity contribution in [1.82, 2.24) is 0 Å². The van der Waals surface area contributed by atoms with E-state index < -0.39 is 17.6 Å². The Kier molecular flexibility index (Phi) is 1.66. The van der Waals surface area contributed by atoms with Crippen LogP contribution in [-0.4, -0.2) is 22.7 Å². The van der Waals surface area contributed by atoms with E-state index in [1.165, 1.54) is 0 Å². The van der Waals surface area contributed by atoms with Crippen LogP contribution in [0.4, 0.5) is 0 Å². The average molecular weight is 144 g/mol. The molecule has 58 valence electrons. The molecule has 0 aromatic rings. The van der Waals surface area contributed by atoms with E-state index in [4.69, 9.17) is 11.5 Å². The van der Waals surface area contributed by atoms with Crippen molar-refractivity contribution < 1.29 is 9.90 Å². The lowest BCUT2D eigenvalue weighted by molar-refractivity contribution is -0.136. The van der Waals surface area contributed by atoms with Gasteiger partial charge in [-0.3, -0.25) is 4.79 Å². The molecule has 0 aromatic heterocycles. The molecule has 4 heteroatoms. The Balaban J connectivity index is 2.75. The monoisotopic (exact) mass is 144 g/mol. The fourth-order valence-corrected chi connectivity index (χ4v) is 1.32. The molecule has 0 unspecified atom stereocenters. The first-order valence-electron chi connectivity index (χ1n) is 3.35. The van der Waals surface area contributed by atoms with E-state index in [-0.39, 0.29) is 0 Å². The summed E-state index contributed by atoms with van der Waals surface area (Å²) in [5.41, 5.74) is 8.99. The molecule has 0 bridgehead atoms. The minimum Gasteiger partial charge on any atom is -0.378 e. The van der Waals surface area contributed by atoms with Crippen LogP contribution < -0.4 is 11.5 Å². The minimum atomic E-state index is -1.43. The van der Waals surface area contributed by atoms with Crippen molar-refractivity contribution in [3.05, 3.63) is 0 Å². The van der Waals surface area contributed by atoms with Crippen LogP contribution in [0.25, 0.3) is 0 Å². The summed E-state index contributed by atoms with van der Waals surface area (Å²) in [6, 6.07) is -0.468. The van der Waals surface area contributed by atoms with Crippen LogP contribution in [0.3, 0.4) is 0 Å². The molecule has 0 spiro atoms. The van der Waals surface area contributed by atoms with Crippen LogP contribution in [0, 0.1) is 0 Å². The third kappa shape index (κ3) is 0.892. The number of rotatable bonds is 1. The van der Waals surface area contributed by atoms with Crippen LogP contribution in [0.1, 0.15) is 19.3 Å². The van der Waals surface area contributed by atoms with Crippen LogP contribution in [0.15, 0.2) is 0 Å². The highest BCUT2D eigenvalue weighted by Gasteiger charge is 2.43. The summed E-state index contributed by atoms with van der Waals surface area (Å²) < 4.78 is 0. The van der Waals surface area contributed by atoms with Gasteiger partial charge in [-0.15, -0.1) is 0 Å². The molecule has 1 rings (SSSR count). The molecule has 1 aliphatic carbocycles. The zero-order valence-corrected chi connectivity index (χ0v) is 5.71. The first-order chi connectivity index (χ1) is 4.57. The Morgan fingerprint density at radius 2 is 2.30 bits per heavy atom.